The first-order chi connectivity index (χ1) is 15.5. The van der Waals surface area contributed by atoms with Crippen LogP contribution in [0.3, 0.4) is 0 Å². The van der Waals surface area contributed by atoms with Gasteiger partial charge in [0.2, 0.25) is 10.0 Å². The highest BCUT2D eigenvalue weighted by atomic mass is 32.2. The number of amides is 2. The predicted molar refractivity (Wildman–Crippen MR) is 128 cm³/mol. The Morgan fingerprint density at radius 1 is 1.15 bits per heavy atom. The summed E-state index contributed by atoms with van der Waals surface area (Å²) in [7, 11) is -3.73. The Balaban J connectivity index is 1.53. The van der Waals surface area contributed by atoms with Crippen molar-refractivity contribution in [1.82, 2.24) is 14.9 Å². The zero-order valence-electron chi connectivity index (χ0n) is 19.2. The molecule has 0 saturated carbocycles. The van der Waals surface area contributed by atoms with Gasteiger partial charge < -0.3 is 15.0 Å². The number of hydrogen-bond donors (Lipinski definition) is 2. The summed E-state index contributed by atoms with van der Waals surface area (Å²) in [5, 5.41) is 4.68. The zero-order chi connectivity index (χ0) is 24.1. The maximum absolute atomic E-state index is 13.0. The van der Waals surface area contributed by atoms with Crippen LogP contribution < -0.4 is 10.0 Å². The fraction of sp³-hybridized carbons (Fsp3) is 0.478. The highest BCUT2D eigenvalue weighted by Gasteiger charge is 2.26. The molecule has 3 rings (SSSR count). The third-order valence-electron chi connectivity index (χ3n) is 5.24. The summed E-state index contributed by atoms with van der Waals surface area (Å²) in [5.41, 5.74) is -0.194. The average molecular weight is 494 g/mol. The van der Waals surface area contributed by atoms with Gasteiger partial charge >= 0.3 is 6.09 Å². The molecule has 2 heterocycles. The Morgan fingerprint density at radius 3 is 2.52 bits per heavy atom. The monoisotopic (exact) mass is 493 g/mol. The molecule has 2 amide bonds. The maximum Gasteiger partial charge on any atom is 0.407 e. The lowest BCUT2D eigenvalue weighted by Crippen LogP contribution is -2.42. The highest BCUT2D eigenvalue weighted by Crippen LogP contribution is 2.20. The van der Waals surface area contributed by atoms with Gasteiger partial charge in [-0.25, -0.2) is 17.9 Å². The van der Waals surface area contributed by atoms with Crippen LogP contribution in [0.2, 0.25) is 0 Å². The van der Waals surface area contributed by atoms with Crippen LogP contribution in [0.15, 0.2) is 46.7 Å². The van der Waals surface area contributed by atoms with Gasteiger partial charge in [-0.2, -0.15) is 0 Å². The normalized spacial score (nSPS) is 15.3. The van der Waals surface area contributed by atoms with Crippen molar-refractivity contribution >= 4 is 33.4 Å². The quantitative estimate of drug-likeness (QED) is 0.613. The third kappa shape index (κ3) is 7.55. The number of thiophene rings is 1. The molecule has 1 aromatic heterocycles. The van der Waals surface area contributed by atoms with Crippen LogP contribution in [-0.4, -0.2) is 50.6 Å². The predicted octanol–water partition coefficient (Wildman–Crippen LogP) is 3.60. The van der Waals surface area contributed by atoms with Crippen molar-refractivity contribution in [2.24, 2.45) is 5.92 Å². The molecule has 0 aliphatic carbocycles. The fourth-order valence-corrected chi connectivity index (χ4v) is 5.31. The van der Waals surface area contributed by atoms with Gasteiger partial charge in [-0.15, -0.1) is 11.3 Å². The number of sulfonamides is 1. The Labute approximate surface area is 199 Å². The number of piperidine rings is 1. The molecule has 1 aliphatic rings. The number of nitrogens with one attached hydrogen (secondary N) is 2. The summed E-state index contributed by atoms with van der Waals surface area (Å²) in [6.45, 7) is 7.26. The number of carbonyl (C=O) groups is 2. The minimum absolute atomic E-state index is 0.0707. The van der Waals surface area contributed by atoms with Gasteiger partial charge in [0.25, 0.3) is 5.91 Å². The number of ether oxygens (including phenoxy) is 1. The first-order valence-corrected chi connectivity index (χ1v) is 13.3. The average Bonchev–Trinajstić information content (AvgIpc) is 3.29. The van der Waals surface area contributed by atoms with Gasteiger partial charge in [0.1, 0.15) is 5.60 Å². The van der Waals surface area contributed by atoms with E-state index in [1.54, 1.807) is 17.0 Å². The van der Waals surface area contributed by atoms with E-state index in [4.69, 9.17) is 4.74 Å². The fourth-order valence-electron chi connectivity index (χ4n) is 3.52. The van der Waals surface area contributed by atoms with Gasteiger partial charge in [-0.3, -0.25) is 4.79 Å². The summed E-state index contributed by atoms with van der Waals surface area (Å²) in [4.78, 5) is 27.5. The number of benzene rings is 1. The first kappa shape index (κ1) is 25.2. The second-order valence-electron chi connectivity index (χ2n) is 9.05. The van der Waals surface area contributed by atoms with E-state index in [0.717, 1.165) is 17.7 Å². The van der Waals surface area contributed by atoms with Crippen molar-refractivity contribution in [2.75, 3.05) is 19.6 Å². The molecule has 0 atom stereocenters. The summed E-state index contributed by atoms with van der Waals surface area (Å²) >= 11 is 1.48. The second kappa shape index (κ2) is 10.7. The highest BCUT2D eigenvalue weighted by molar-refractivity contribution is 7.89. The van der Waals surface area contributed by atoms with E-state index in [0.29, 0.717) is 25.2 Å². The Bertz CT molecular complexity index is 1050. The number of likely N-dealkylation sites (tertiary alicyclic amines) is 1. The van der Waals surface area contributed by atoms with Crippen LogP contribution >= 0.6 is 11.3 Å². The van der Waals surface area contributed by atoms with Gasteiger partial charge in [0.15, 0.2) is 0 Å². The third-order valence-corrected chi connectivity index (χ3v) is 7.52. The summed E-state index contributed by atoms with van der Waals surface area (Å²) in [6, 6.07) is 9.86. The van der Waals surface area contributed by atoms with Crippen LogP contribution in [0.1, 0.15) is 48.8 Å². The van der Waals surface area contributed by atoms with Crippen LogP contribution in [0.5, 0.6) is 0 Å². The van der Waals surface area contributed by atoms with Crippen molar-refractivity contribution in [2.45, 2.75) is 50.7 Å². The minimum Gasteiger partial charge on any atom is -0.444 e. The van der Waals surface area contributed by atoms with E-state index in [-0.39, 0.29) is 23.3 Å². The molecular formula is C23H31N3O5S2. The number of nitrogens with zero attached hydrogens (tertiary/aromatic N) is 1. The van der Waals surface area contributed by atoms with Crippen LogP contribution in [-0.2, 0) is 21.3 Å². The Hall–Kier alpha value is -2.43. The number of carbonyl (C=O) groups excluding carboxylic acids is 2. The molecule has 0 unspecified atom stereocenters. The summed E-state index contributed by atoms with van der Waals surface area (Å²) < 4.78 is 33.2. The molecule has 10 heteroatoms. The lowest BCUT2D eigenvalue weighted by molar-refractivity contribution is 0.0500. The molecular weight excluding hydrogens is 462 g/mol. The topological polar surface area (TPSA) is 105 Å². The van der Waals surface area contributed by atoms with Crippen molar-refractivity contribution in [3.63, 3.8) is 0 Å². The molecule has 180 valence electrons. The van der Waals surface area contributed by atoms with Gasteiger partial charge in [-0.1, -0.05) is 12.1 Å². The molecule has 0 radical (unpaired) electrons. The maximum atomic E-state index is 13.0. The van der Waals surface area contributed by atoms with Crippen molar-refractivity contribution < 1.29 is 22.7 Å². The van der Waals surface area contributed by atoms with Gasteiger partial charge in [0, 0.05) is 36.6 Å². The molecule has 33 heavy (non-hydrogen) atoms. The van der Waals surface area contributed by atoms with E-state index >= 15 is 0 Å². The molecule has 2 aromatic rings. The number of hydrogen-bond acceptors (Lipinski definition) is 6. The number of alkyl carbamates (subject to hydrolysis) is 1. The molecule has 8 nitrogen and oxygen atoms in total. The first-order valence-electron chi connectivity index (χ1n) is 10.9. The minimum atomic E-state index is -3.73. The Kier molecular flexibility index (Phi) is 8.14. The van der Waals surface area contributed by atoms with E-state index in [1.165, 1.54) is 23.5 Å². The molecule has 1 saturated heterocycles. The zero-order valence-corrected chi connectivity index (χ0v) is 20.8. The molecule has 1 fully saturated rings. The van der Waals surface area contributed by atoms with Crippen molar-refractivity contribution in [3.05, 3.63) is 52.2 Å². The van der Waals surface area contributed by atoms with Gasteiger partial charge in [0.05, 0.1) is 4.90 Å². The van der Waals surface area contributed by atoms with E-state index in [2.05, 4.69) is 10.0 Å². The standard InChI is InChI=1S/C23H31N3O5S2/c1-23(2,3)31-22(28)24-15-17-9-11-26(12-10-17)21(27)18-6-4-8-20(14-18)33(29,30)25-16-19-7-5-13-32-19/h4-8,13-14,17,25H,9-12,15-16H2,1-3H3,(H,24,28). The molecule has 1 aromatic carbocycles. The summed E-state index contributed by atoms with van der Waals surface area (Å²) in [6.07, 6.45) is 1.07. The SMILES string of the molecule is CC(C)(C)OC(=O)NCC1CCN(C(=O)c2cccc(S(=O)(=O)NCc3cccs3)c2)CC1. The smallest absolute Gasteiger partial charge is 0.407 e. The second-order valence-corrected chi connectivity index (χ2v) is 11.8. The van der Waals surface area contributed by atoms with Crippen molar-refractivity contribution in [1.29, 1.82) is 0 Å². The lowest BCUT2D eigenvalue weighted by atomic mass is 9.96. The van der Waals surface area contributed by atoms with E-state index in [9.17, 15) is 18.0 Å². The van der Waals surface area contributed by atoms with Crippen LogP contribution in [0.4, 0.5) is 4.79 Å². The lowest BCUT2D eigenvalue weighted by Gasteiger charge is -2.32. The van der Waals surface area contributed by atoms with Gasteiger partial charge in [-0.05, 0) is 69.2 Å². The molecule has 0 spiro atoms. The van der Waals surface area contributed by atoms with E-state index in [1.807, 2.05) is 38.3 Å². The largest absolute Gasteiger partial charge is 0.444 e. The van der Waals surface area contributed by atoms with E-state index < -0.39 is 21.7 Å². The van der Waals surface area contributed by atoms with Crippen LogP contribution in [0, 0.1) is 5.92 Å². The Morgan fingerprint density at radius 2 is 1.88 bits per heavy atom. The molecule has 1 aliphatic heterocycles. The number of rotatable bonds is 7. The molecule has 0 bridgehead atoms. The summed E-state index contributed by atoms with van der Waals surface area (Å²) in [5.74, 6) is 0.0681. The molecule has 2 N–H and O–H groups in total. The van der Waals surface area contributed by atoms with Crippen molar-refractivity contribution in [3.8, 4) is 0 Å². The van der Waals surface area contributed by atoms with Crippen LogP contribution in [0.25, 0.3) is 0 Å².